The first kappa shape index (κ1) is 18.7. The largest absolute Gasteiger partial charge is 0.347 e. The molecule has 0 saturated heterocycles. The van der Waals surface area contributed by atoms with Crippen LogP contribution in [0.5, 0.6) is 0 Å². The predicted molar refractivity (Wildman–Crippen MR) is 101 cm³/mol. The lowest BCUT2D eigenvalue weighted by Gasteiger charge is -2.22. The molecule has 1 atom stereocenters. The highest BCUT2D eigenvalue weighted by molar-refractivity contribution is 7.71. The Morgan fingerprint density at radius 1 is 1.36 bits per heavy atom. The number of carbonyl (C=O) groups is 1. The number of hydrogen-bond donors (Lipinski definition) is 2. The van der Waals surface area contributed by atoms with Crippen LogP contribution in [0.1, 0.15) is 44.6 Å². The average Bonchev–Trinajstić information content (AvgIpc) is 3.31. The fourth-order valence-corrected chi connectivity index (χ4v) is 3.74. The Bertz CT molecular complexity index is 1100. The third-order valence-electron chi connectivity index (χ3n) is 4.93. The quantitative estimate of drug-likeness (QED) is 0.615. The molecular formula is C18H20F2N6OS. The standard InChI is InChI=1S/C18H20F2N6OS/c1-9(2)16(25-8-22-13-5-11(19)12(20)6-14(13)25)17(27)21-7-15-23-24-18(28)26(15)10-3-4-10/h5-6,8-10,16H,3-4,7H2,1-2H3,(H,21,27)(H,24,28). The molecule has 4 rings (SSSR count). The highest BCUT2D eigenvalue weighted by Crippen LogP contribution is 2.35. The predicted octanol–water partition coefficient (Wildman–Crippen LogP) is 3.42. The molecule has 1 aliphatic carbocycles. The van der Waals surface area contributed by atoms with Crippen LogP contribution >= 0.6 is 12.2 Å². The van der Waals surface area contributed by atoms with Gasteiger partial charge in [0.2, 0.25) is 5.91 Å². The van der Waals surface area contributed by atoms with E-state index in [9.17, 15) is 13.6 Å². The molecule has 0 spiro atoms. The minimum absolute atomic E-state index is 0.102. The van der Waals surface area contributed by atoms with Gasteiger partial charge < -0.3 is 9.88 Å². The fraction of sp³-hybridized carbons (Fsp3) is 0.444. The Labute approximate surface area is 164 Å². The van der Waals surface area contributed by atoms with Gasteiger partial charge in [-0.2, -0.15) is 5.10 Å². The second kappa shape index (κ2) is 7.08. The second-order valence-corrected chi connectivity index (χ2v) is 7.75. The number of nitrogens with one attached hydrogen (secondary N) is 2. The molecule has 1 aromatic carbocycles. The normalized spacial score (nSPS) is 15.3. The lowest BCUT2D eigenvalue weighted by Crippen LogP contribution is -2.35. The molecule has 1 unspecified atom stereocenters. The zero-order chi connectivity index (χ0) is 20.0. The minimum atomic E-state index is -0.975. The minimum Gasteiger partial charge on any atom is -0.347 e. The highest BCUT2D eigenvalue weighted by Gasteiger charge is 2.29. The molecule has 1 aliphatic rings. The Hall–Kier alpha value is -2.62. The summed E-state index contributed by atoms with van der Waals surface area (Å²) < 4.78 is 31.3. The van der Waals surface area contributed by atoms with Gasteiger partial charge in [0.1, 0.15) is 6.04 Å². The lowest BCUT2D eigenvalue weighted by atomic mass is 10.0. The number of hydrogen-bond acceptors (Lipinski definition) is 4. The Kier molecular flexibility index (Phi) is 4.74. The molecule has 1 fully saturated rings. The maximum absolute atomic E-state index is 13.7. The van der Waals surface area contributed by atoms with Crippen molar-refractivity contribution in [2.45, 2.75) is 45.3 Å². The molecule has 3 aromatic rings. The molecule has 2 aromatic heterocycles. The molecule has 0 bridgehead atoms. The van der Waals surface area contributed by atoms with Gasteiger partial charge in [-0.3, -0.25) is 14.5 Å². The summed E-state index contributed by atoms with van der Waals surface area (Å²) in [5.74, 6) is -1.62. The number of fused-ring (bicyclic) bond motifs is 1. The summed E-state index contributed by atoms with van der Waals surface area (Å²) in [6.07, 6.45) is 3.53. The van der Waals surface area contributed by atoms with Gasteiger partial charge in [-0.15, -0.1) is 0 Å². The third kappa shape index (κ3) is 3.32. The van der Waals surface area contributed by atoms with Crippen molar-refractivity contribution in [2.24, 2.45) is 5.92 Å². The molecule has 7 nitrogen and oxygen atoms in total. The summed E-state index contributed by atoms with van der Waals surface area (Å²) in [6.45, 7) is 3.99. The zero-order valence-electron chi connectivity index (χ0n) is 15.4. The summed E-state index contributed by atoms with van der Waals surface area (Å²) in [4.78, 5) is 17.1. The molecule has 148 valence electrons. The van der Waals surface area contributed by atoms with E-state index in [-0.39, 0.29) is 18.4 Å². The van der Waals surface area contributed by atoms with E-state index in [0.29, 0.717) is 27.7 Å². The SMILES string of the molecule is CC(C)C(C(=O)NCc1n[nH]c(=S)n1C1CC1)n1cnc2cc(F)c(F)cc21. The molecule has 2 heterocycles. The molecule has 2 N–H and O–H groups in total. The van der Waals surface area contributed by atoms with Crippen molar-refractivity contribution < 1.29 is 13.6 Å². The third-order valence-corrected chi connectivity index (χ3v) is 5.21. The number of carbonyl (C=O) groups excluding carboxylic acids is 1. The number of rotatable bonds is 6. The molecule has 10 heteroatoms. The van der Waals surface area contributed by atoms with Gasteiger partial charge in [0.15, 0.2) is 22.2 Å². The number of H-pyrrole nitrogens is 1. The number of amides is 1. The average molecular weight is 406 g/mol. The molecular weight excluding hydrogens is 386 g/mol. The smallest absolute Gasteiger partial charge is 0.243 e. The first-order valence-corrected chi connectivity index (χ1v) is 9.52. The van der Waals surface area contributed by atoms with Gasteiger partial charge in [-0.25, -0.2) is 13.8 Å². The highest BCUT2D eigenvalue weighted by atomic mass is 32.1. The Morgan fingerprint density at radius 3 is 2.75 bits per heavy atom. The fourth-order valence-electron chi connectivity index (χ4n) is 3.44. The Morgan fingerprint density at radius 2 is 2.07 bits per heavy atom. The van der Waals surface area contributed by atoms with Crippen LogP contribution in [0, 0.1) is 22.3 Å². The second-order valence-electron chi connectivity index (χ2n) is 7.36. The number of nitrogens with zero attached hydrogens (tertiary/aromatic N) is 4. The van der Waals surface area contributed by atoms with Crippen molar-refractivity contribution in [3.05, 3.63) is 40.7 Å². The van der Waals surface area contributed by atoms with Crippen LogP contribution in [0.15, 0.2) is 18.5 Å². The summed E-state index contributed by atoms with van der Waals surface area (Å²) in [5.41, 5.74) is 0.667. The van der Waals surface area contributed by atoms with E-state index in [2.05, 4.69) is 20.5 Å². The Balaban J connectivity index is 1.59. The first-order chi connectivity index (χ1) is 13.4. The van der Waals surface area contributed by atoms with Crippen molar-refractivity contribution in [1.29, 1.82) is 0 Å². The van der Waals surface area contributed by atoms with Crippen molar-refractivity contribution in [1.82, 2.24) is 29.6 Å². The van der Waals surface area contributed by atoms with E-state index in [4.69, 9.17) is 12.2 Å². The van der Waals surface area contributed by atoms with Gasteiger partial charge in [-0.05, 0) is 31.0 Å². The molecule has 28 heavy (non-hydrogen) atoms. The van der Waals surface area contributed by atoms with Crippen LogP contribution in [0.3, 0.4) is 0 Å². The summed E-state index contributed by atoms with van der Waals surface area (Å²) in [7, 11) is 0. The van der Waals surface area contributed by atoms with Crippen LogP contribution in [0.4, 0.5) is 8.78 Å². The van der Waals surface area contributed by atoms with Gasteiger partial charge in [-0.1, -0.05) is 13.8 Å². The number of aromatic amines is 1. The molecule has 1 saturated carbocycles. The van der Waals surface area contributed by atoms with E-state index in [1.807, 2.05) is 18.4 Å². The van der Waals surface area contributed by atoms with Gasteiger partial charge in [0, 0.05) is 18.2 Å². The van der Waals surface area contributed by atoms with Crippen molar-refractivity contribution in [3.8, 4) is 0 Å². The van der Waals surface area contributed by atoms with E-state index in [1.165, 1.54) is 6.33 Å². The molecule has 0 radical (unpaired) electrons. The lowest BCUT2D eigenvalue weighted by molar-refractivity contribution is -0.125. The van der Waals surface area contributed by atoms with Crippen LogP contribution in [0.2, 0.25) is 0 Å². The first-order valence-electron chi connectivity index (χ1n) is 9.12. The van der Waals surface area contributed by atoms with E-state index < -0.39 is 17.7 Å². The monoisotopic (exact) mass is 406 g/mol. The summed E-state index contributed by atoms with van der Waals surface area (Å²) in [6, 6.07) is 1.81. The number of imidazole rings is 1. The van der Waals surface area contributed by atoms with Crippen LogP contribution in [-0.4, -0.2) is 30.2 Å². The van der Waals surface area contributed by atoms with E-state index in [1.54, 1.807) is 4.57 Å². The van der Waals surface area contributed by atoms with E-state index >= 15 is 0 Å². The molecule has 0 aliphatic heterocycles. The van der Waals surface area contributed by atoms with Crippen LogP contribution < -0.4 is 5.32 Å². The van der Waals surface area contributed by atoms with Gasteiger partial charge >= 0.3 is 0 Å². The summed E-state index contributed by atoms with van der Waals surface area (Å²) >= 11 is 5.26. The maximum atomic E-state index is 13.7. The van der Waals surface area contributed by atoms with E-state index in [0.717, 1.165) is 25.0 Å². The number of halogens is 2. The summed E-state index contributed by atoms with van der Waals surface area (Å²) in [5, 5.41) is 9.87. The van der Waals surface area contributed by atoms with Gasteiger partial charge in [0.25, 0.3) is 0 Å². The van der Waals surface area contributed by atoms with Crippen molar-refractivity contribution in [2.75, 3.05) is 0 Å². The van der Waals surface area contributed by atoms with Crippen LogP contribution in [-0.2, 0) is 11.3 Å². The zero-order valence-corrected chi connectivity index (χ0v) is 16.3. The number of aromatic nitrogens is 5. The number of benzene rings is 1. The van der Waals surface area contributed by atoms with Gasteiger partial charge in [0.05, 0.1) is 23.9 Å². The molecule has 1 amide bonds. The van der Waals surface area contributed by atoms with Crippen molar-refractivity contribution >= 4 is 29.2 Å². The van der Waals surface area contributed by atoms with Crippen LogP contribution in [0.25, 0.3) is 11.0 Å². The van der Waals surface area contributed by atoms with Crippen molar-refractivity contribution in [3.63, 3.8) is 0 Å². The topological polar surface area (TPSA) is 80.5 Å². The maximum Gasteiger partial charge on any atom is 0.243 e.